The highest BCUT2D eigenvalue weighted by Gasteiger charge is 2.12. The summed E-state index contributed by atoms with van der Waals surface area (Å²) in [4.78, 5) is 26.0. The zero-order valence-electron chi connectivity index (χ0n) is 12.9. The molecule has 0 aliphatic heterocycles. The standard InChI is InChI=1S/C12H10N4O5S.C2H6/c13-11(7-5-10(16(19)20)22-6-7)15-21-12(18)14-8-1-3-9(17)4-2-8;1-2/h1-6,17H,(H2,13,15)(H,14,18);1-2H3. The number of aromatic hydroxyl groups is 1. The molecule has 9 nitrogen and oxygen atoms in total. The van der Waals surface area contributed by atoms with Crippen LogP contribution < -0.4 is 11.1 Å². The zero-order valence-corrected chi connectivity index (χ0v) is 13.7. The molecule has 0 aliphatic carbocycles. The fourth-order valence-corrected chi connectivity index (χ4v) is 2.10. The highest BCUT2D eigenvalue weighted by Crippen LogP contribution is 2.22. The van der Waals surface area contributed by atoms with Crippen molar-refractivity contribution in [3.8, 4) is 5.75 Å². The fraction of sp³-hybridized carbons (Fsp3) is 0.143. The summed E-state index contributed by atoms with van der Waals surface area (Å²) < 4.78 is 0. The molecular weight excluding hydrogens is 336 g/mol. The van der Waals surface area contributed by atoms with Crippen molar-refractivity contribution in [3.05, 3.63) is 51.4 Å². The van der Waals surface area contributed by atoms with Crippen LogP contribution in [0.5, 0.6) is 5.75 Å². The number of nitrogens with zero attached hydrogens (tertiary/aromatic N) is 2. The van der Waals surface area contributed by atoms with Gasteiger partial charge in [0.2, 0.25) is 0 Å². The number of oxime groups is 1. The number of hydrogen-bond donors (Lipinski definition) is 3. The Morgan fingerprint density at radius 1 is 1.38 bits per heavy atom. The summed E-state index contributed by atoms with van der Waals surface area (Å²) >= 11 is 0.884. The van der Waals surface area contributed by atoms with Crippen molar-refractivity contribution in [2.75, 3.05) is 5.32 Å². The number of phenols is 1. The van der Waals surface area contributed by atoms with Gasteiger partial charge in [0, 0.05) is 22.7 Å². The van der Waals surface area contributed by atoms with Gasteiger partial charge >= 0.3 is 11.1 Å². The first-order chi connectivity index (χ1) is 11.5. The number of anilines is 1. The summed E-state index contributed by atoms with van der Waals surface area (Å²) in [7, 11) is 0. The van der Waals surface area contributed by atoms with Crippen molar-refractivity contribution in [3.63, 3.8) is 0 Å². The predicted molar refractivity (Wildman–Crippen MR) is 91.3 cm³/mol. The van der Waals surface area contributed by atoms with Gasteiger partial charge in [0.05, 0.1) is 4.92 Å². The summed E-state index contributed by atoms with van der Waals surface area (Å²) in [5.41, 5.74) is 6.24. The molecule has 0 aliphatic rings. The smallest absolute Gasteiger partial charge is 0.437 e. The molecule has 1 heterocycles. The number of nitrogens with two attached hydrogens (primary N) is 1. The lowest BCUT2D eigenvalue weighted by Gasteiger charge is -2.03. The summed E-state index contributed by atoms with van der Waals surface area (Å²) in [6.07, 6.45) is -0.890. The average Bonchev–Trinajstić information content (AvgIpc) is 3.07. The van der Waals surface area contributed by atoms with Crippen LogP contribution in [-0.2, 0) is 4.84 Å². The third kappa shape index (κ3) is 5.57. The van der Waals surface area contributed by atoms with E-state index in [2.05, 4.69) is 15.3 Å². The van der Waals surface area contributed by atoms with Gasteiger partial charge < -0.3 is 10.8 Å². The molecule has 2 rings (SSSR count). The van der Waals surface area contributed by atoms with Crippen LogP contribution in [0.25, 0.3) is 0 Å². The number of nitrogens with one attached hydrogen (secondary N) is 1. The van der Waals surface area contributed by atoms with Crippen LogP contribution in [0.2, 0.25) is 0 Å². The number of amides is 1. The second kappa shape index (κ2) is 9.10. The van der Waals surface area contributed by atoms with E-state index in [1.165, 1.54) is 35.7 Å². The summed E-state index contributed by atoms with van der Waals surface area (Å²) in [6.45, 7) is 4.00. The first-order valence-electron chi connectivity index (χ1n) is 6.79. The Morgan fingerprint density at radius 3 is 2.54 bits per heavy atom. The molecule has 0 spiro atoms. The summed E-state index contributed by atoms with van der Waals surface area (Å²) in [6, 6.07) is 6.93. The van der Waals surface area contributed by atoms with E-state index in [1.807, 2.05) is 13.8 Å². The van der Waals surface area contributed by atoms with E-state index in [0.29, 0.717) is 5.69 Å². The van der Waals surface area contributed by atoms with Crippen LogP contribution in [0.1, 0.15) is 19.4 Å². The third-order valence-corrected chi connectivity index (χ3v) is 3.28. The molecule has 1 amide bonds. The van der Waals surface area contributed by atoms with Crippen LogP contribution in [0, 0.1) is 10.1 Å². The lowest BCUT2D eigenvalue weighted by Crippen LogP contribution is -2.17. The minimum absolute atomic E-state index is 0.0558. The first-order valence-corrected chi connectivity index (χ1v) is 7.67. The fourth-order valence-electron chi connectivity index (χ4n) is 1.38. The van der Waals surface area contributed by atoms with E-state index in [4.69, 9.17) is 10.8 Å². The van der Waals surface area contributed by atoms with Gasteiger partial charge in [0.25, 0.3) is 0 Å². The Kier molecular flexibility index (Phi) is 7.17. The molecule has 1 aromatic heterocycles. The number of hydrogen-bond acceptors (Lipinski definition) is 7. The number of phenolic OH excluding ortho intramolecular Hbond substituents is 1. The normalized spacial score (nSPS) is 10.3. The van der Waals surface area contributed by atoms with Crippen LogP contribution in [0.4, 0.5) is 15.5 Å². The Hall–Kier alpha value is -3.14. The van der Waals surface area contributed by atoms with Crippen molar-refractivity contribution in [1.82, 2.24) is 0 Å². The molecule has 0 radical (unpaired) electrons. The third-order valence-electron chi connectivity index (χ3n) is 2.40. The molecule has 4 N–H and O–H groups in total. The van der Waals surface area contributed by atoms with Crippen LogP contribution in [0.15, 0.2) is 40.9 Å². The maximum absolute atomic E-state index is 11.5. The molecule has 24 heavy (non-hydrogen) atoms. The topological polar surface area (TPSA) is 140 Å². The van der Waals surface area contributed by atoms with Crippen LogP contribution in [0.3, 0.4) is 0 Å². The number of rotatable bonds is 4. The monoisotopic (exact) mass is 352 g/mol. The van der Waals surface area contributed by atoms with Crippen molar-refractivity contribution >= 4 is 34.0 Å². The molecule has 1 aromatic carbocycles. The van der Waals surface area contributed by atoms with E-state index in [0.717, 1.165) is 11.3 Å². The van der Waals surface area contributed by atoms with Gasteiger partial charge in [-0.2, -0.15) is 0 Å². The maximum Gasteiger partial charge on any atom is 0.437 e. The van der Waals surface area contributed by atoms with Gasteiger partial charge in [-0.3, -0.25) is 20.3 Å². The Bertz CT molecular complexity index is 727. The molecule has 10 heteroatoms. The number of nitro groups is 1. The Labute approximate surface area is 141 Å². The quantitative estimate of drug-likeness (QED) is 0.193. The van der Waals surface area contributed by atoms with Gasteiger partial charge in [-0.15, -0.1) is 0 Å². The lowest BCUT2D eigenvalue weighted by molar-refractivity contribution is -0.380. The Morgan fingerprint density at radius 2 is 2.00 bits per heavy atom. The van der Waals surface area contributed by atoms with Gasteiger partial charge in [-0.05, 0) is 24.3 Å². The van der Waals surface area contributed by atoms with E-state index in [9.17, 15) is 14.9 Å². The minimum atomic E-state index is -0.890. The molecular formula is C14H16N4O5S. The van der Waals surface area contributed by atoms with Crippen molar-refractivity contribution in [2.24, 2.45) is 10.9 Å². The van der Waals surface area contributed by atoms with Gasteiger partial charge in [0.15, 0.2) is 5.84 Å². The highest BCUT2D eigenvalue weighted by atomic mass is 32.1. The van der Waals surface area contributed by atoms with Crippen LogP contribution in [-0.4, -0.2) is 22.0 Å². The molecule has 0 fully saturated rings. The molecule has 0 atom stereocenters. The van der Waals surface area contributed by atoms with Gasteiger partial charge in [-0.25, -0.2) is 4.79 Å². The Balaban J connectivity index is 0.00000139. The van der Waals surface area contributed by atoms with Gasteiger partial charge in [0.1, 0.15) is 5.75 Å². The van der Waals surface area contributed by atoms with Gasteiger partial charge in [-0.1, -0.05) is 30.3 Å². The number of benzene rings is 1. The van der Waals surface area contributed by atoms with Crippen molar-refractivity contribution in [1.29, 1.82) is 0 Å². The molecule has 128 valence electrons. The molecule has 2 aromatic rings. The highest BCUT2D eigenvalue weighted by molar-refractivity contribution is 7.13. The number of carbonyl (C=O) groups excluding carboxylic acids is 1. The van der Waals surface area contributed by atoms with Crippen LogP contribution >= 0.6 is 11.3 Å². The predicted octanol–water partition coefficient (Wildman–Crippen LogP) is 3.26. The van der Waals surface area contributed by atoms with Crippen molar-refractivity contribution in [2.45, 2.75) is 13.8 Å². The van der Waals surface area contributed by atoms with E-state index in [-0.39, 0.29) is 22.1 Å². The molecule has 0 unspecified atom stereocenters. The SMILES string of the molecule is CC.N/C(=N/OC(=O)Nc1ccc(O)cc1)c1csc([N+](=O)[O-])c1. The second-order valence-electron chi connectivity index (χ2n) is 3.96. The largest absolute Gasteiger partial charge is 0.508 e. The maximum atomic E-state index is 11.5. The van der Waals surface area contributed by atoms with Crippen molar-refractivity contribution < 1.29 is 19.7 Å². The number of carbonyl (C=O) groups is 1. The number of amidine groups is 1. The summed E-state index contributed by atoms with van der Waals surface area (Å²) in [5, 5.41) is 26.7. The average molecular weight is 352 g/mol. The lowest BCUT2D eigenvalue weighted by atomic mass is 10.3. The van der Waals surface area contributed by atoms with E-state index < -0.39 is 11.0 Å². The van der Waals surface area contributed by atoms with E-state index in [1.54, 1.807) is 0 Å². The second-order valence-corrected chi connectivity index (χ2v) is 4.85. The zero-order chi connectivity index (χ0) is 18.1. The van der Waals surface area contributed by atoms with E-state index >= 15 is 0 Å². The molecule has 0 saturated carbocycles. The number of thiophene rings is 1. The molecule has 0 bridgehead atoms. The minimum Gasteiger partial charge on any atom is -0.508 e. The summed E-state index contributed by atoms with van der Waals surface area (Å²) in [5.74, 6) is -0.106. The first kappa shape index (κ1) is 18.9. The molecule has 0 saturated heterocycles.